The molecule has 15 nitrogen and oxygen atoms in total. The maximum Gasteiger partial charge on any atom is 0.187 e. The van der Waals surface area contributed by atoms with Crippen LogP contribution < -0.4 is 0 Å². The number of aliphatic hydroxyl groups excluding tert-OH is 9. The molecule has 4 saturated carbocycles. The van der Waals surface area contributed by atoms with E-state index in [0.29, 0.717) is 38.5 Å². The SMILES string of the molecule is CC1(C)[C@H](O)CC[C@@]2(C)[C@H]3C[C@@H](O)[C@H]4[C@H]([C@]5(C)CC[C@H]([C@@](C)(O)CO)O5)CC[C@@]4(C)[C@]3(C)C[C@H](O[C@H]3O[C@@H](CO)[C@H](O)[C@H](O)[C@@H]3O[C@H]3OC[C@@H](O)[C@H](O)[C@H]3O)[C@@H]12. The zero-order chi connectivity index (χ0) is 41.1. The molecule has 56 heavy (non-hydrogen) atoms. The molecule has 3 saturated heterocycles. The van der Waals surface area contributed by atoms with Gasteiger partial charge in [-0.05, 0) is 111 Å². The van der Waals surface area contributed by atoms with Crippen molar-refractivity contribution in [2.45, 2.75) is 191 Å². The third-order valence-corrected chi connectivity index (χ3v) is 17.2. The number of fused-ring (bicyclic) bond motifs is 5. The summed E-state index contributed by atoms with van der Waals surface area (Å²) in [6, 6.07) is 0. The Kier molecular flexibility index (Phi) is 11.5. The molecule has 15 heteroatoms. The molecule has 0 radical (unpaired) electrons. The molecular weight excluding hydrogens is 732 g/mol. The van der Waals surface area contributed by atoms with E-state index in [2.05, 4.69) is 27.7 Å². The average Bonchev–Trinajstić information content (AvgIpc) is 3.74. The van der Waals surface area contributed by atoms with Crippen molar-refractivity contribution < 1.29 is 74.7 Å². The van der Waals surface area contributed by atoms with Gasteiger partial charge in [-0.25, -0.2) is 0 Å². The molecule has 0 unspecified atom stereocenters. The molecule has 3 aliphatic heterocycles. The van der Waals surface area contributed by atoms with Crippen molar-refractivity contribution >= 4 is 0 Å². The fourth-order valence-electron chi connectivity index (χ4n) is 13.9. The highest BCUT2D eigenvalue weighted by molar-refractivity contribution is 5.22. The fraction of sp³-hybridized carbons (Fsp3) is 1.00. The lowest BCUT2D eigenvalue weighted by atomic mass is 9.34. The minimum Gasteiger partial charge on any atom is -0.394 e. The lowest BCUT2D eigenvalue weighted by Crippen LogP contribution is -2.71. The smallest absolute Gasteiger partial charge is 0.187 e. The van der Waals surface area contributed by atoms with Gasteiger partial charge in [-0.2, -0.15) is 0 Å². The quantitative estimate of drug-likeness (QED) is 0.145. The zero-order valence-electron chi connectivity index (χ0n) is 34.1. The Balaban J connectivity index is 1.25. The maximum absolute atomic E-state index is 12.4. The summed E-state index contributed by atoms with van der Waals surface area (Å²) in [7, 11) is 0. The van der Waals surface area contributed by atoms with Gasteiger partial charge < -0.3 is 74.7 Å². The molecule has 4 aliphatic carbocycles. The van der Waals surface area contributed by atoms with Crippen molar-refractivity contribution in [2.24, 2.45) is 45.3 Å². The van der Waals surface area contributed by atoms with Crippen LogP contribution in [-0.4, -0.2) is 162 Å². The Morgan fingerprint density at radius 3 is 2.11 bits per heavy atom. The van der Waals surface area contributed by atoms with E-state index in [9.17, 15) is 51.1 Å². The van der Waals surface area contributed by atoms with Crippen molar-refractivity contribution in [1.29, 1.82) is 0 Å². The number of rotatable bonds is 8. The van der Waals surface area contributed by atoms with Crippen LogP contribution in [0, 0.1) is 45.3 Å². The molecule has 0 amide bonds. The summed E-state index contributed by atoms with van der Waals surface area (Å²) in [6.07, 6.45) is -10.8. The summed E-state index contributed by atoms with van der Waals surface area (Å²) >= 11 is 0. The topological polar surface area (TPSA) is 248 Å². The van der Waals surface area contributed by atoms with Crippen LogP contribution in [0.3, 0.4) is 0 Å². The van der Waals surface area contributed by atoms with E-state index in [1.165, 1.54) is 0 Å². The van der Waals surface area contributed by atoms with Gasteiger partial charge in [0.05, 0.1) is 49.8 Å². The largest absolute Gasteiger partial charge is 0.394 e. The van der Waals surface area contributed by atoms with E-state index in [1.807, 2.05) is 13.8 Å². The van der Waals surface area contributed by atoms with Crippen molar-refractivity contribution in [2.75, 3.05) is 19.8 Å². The second-order valence-corrected chi connectivity index (χ2v) is 20.6. The van der Waals surface area contributed by atoms with Gasteiger partial charge >= 0.3 is 0 Å². The predicted molar refractivity (Wildman–Crippen MR) is 197 cm³/mol. The lowest BCUT2D eigenvalue weighted by Gasteiger charge is -2.72. The van der Waals surface area contributed by atoms with Crippen molar-refractivity contribution in [3.05, 3.63) is 0 Å². The van der Waals surface area contributed by atoms with E-state index in [4.69, 9.17) is 23.7 Å². The van der Waals surface area contributed by atoms with Gasteiger partial charge in [0.15, 0.2) is 12.6 Å². The molecule has 0 bridgehead atoms. The minimum absolute atomic E-state index is 0.0218. The number of aliphatic hydroxyl groups is 10. The van der Waals surface area contributed by atoms with Gasteiger partial charge in [0.25, 0.3) is 0 Å². The Morgan fingerprint density at radius 1 is 0.750 bits per heavy atom. The maximum atomic E-state index is 12.4. The van der Waals surface area contributed by atoms with E-state index < -0.39 is 126 Å². The van der Waals surface area contributed by atoms with E-state index >= 15 is 0 Å². The van der Waals surface area contributed by atoms with E-state index in [0.717, 1.165) is 12.8 Å². The minimum atomic E-state index is -1.69. The molecule has 0 spiro atoms. The first-order valence-electron chi connectivity index (χ1n) is 21.0. The summed E-state index contributed by atoms with van der Waals surface area (Å²) in [5.41, 5.74) is -3.99. The Bertz CT molecular complexity index is 1420. The summed E-state index contributed by atoms with van der Waals surface area (Å²) < 4.78 is 31.5. The molecule has 7 aliphatic rings. The number of hydrogen-bond acceptors (Lipinski definition) is 15. The molecule has 3 heterocycles. The van der Waals surface area contributed by atoms with Crippen LogP contribution in [0.2, 0.25) is 0 Å². The van der Waals surface area contributed by atoms with Crippen LogP contribution in [0.4, 0.5) is 0 Å². The van der Waals surface area contributed by atoms with Gasteiger partial charge in [0, 0.05) is 0 Å². The first-order chi connectivity index (χ1) is 26.0. The number of ether oxygens (including phenoxy) is 5. The van der Waals surface area contributed by atoms with Crippen LogP contribution in [0.25, 0.3) is 0 Å². The second kappa shape index (κ2) is 14.8. The van der Waals surface area contributed by atoms with Crippen molar-refractivity contribution in [1.82, 2.24) is 0 Å². The molecule has 7 rings (SSSR count). The highest BCUT2D eigenvalue weighted by atomic mass is 16.8. The highest BCUT2D eigenvalue weighted by Gasteiger charge is 2.74. The first-order valence-corrected chi connectivity index (χ1v) is 21.0. The molecule has 22 atom stereocenters. The fourth-order valence-corrected chi connectivity index (χ4v) is 13.9. The Morgan fingerprint density at radius 2 is 1.45 bits per heavy atom. The lowest BCUT2D eigenvalue weighted by molar-refractivity contribution is -0.377. The molecule has 10 N–H and O–H groups in total. The highest BCUT2D eigenvalue weighted by Crippen LogP contribution is 2.76. The van der Waals surface area contributed by atoms with Crippen LogP contribution in [-0.2, 0) is 23.7 Å². The van der Waals surface area contributed by atoms with Crippen LogP contribution in [0.1, 0.15) is 99.8 Å². The predicted octanol–water partition coefficient (Wildman–Crippen LogP) is -0.0575. The zero-order valence-corrected chi connectivity index (χ0v) is 34.1. The summed E-state index contributed by atoms with van der Waals surface area (Å²) in [6.45, 7) is 13.2. The molecule has 0 aromatic rings. The molecule has 0 aromatic heterocycles. The first kappa shape index (κ1) is 43.5. The summed E-state index contributed by atoms with van der Waals surface area (Å²) in [4.78, 5) is 0. The third-order valence-electron chi connectivity index (χ3n) is 17.2. The average molecular weight is 803 g/mol. The normalized spacial score (nSPS) is 56.8. The van der Waals surface area contributed by atoms with Gasteiger partial charge in [-0.15, -0.1) is 0 Å². The van der Waals surface area contributed by atoms with Crippen molar-refractivity contribution in [3.63, 3.8) is 0 Å². The molecule has 324 valence electrons. The van der Waals surface area contributed by atoms with Gasteiger partial charge in [0.1, 0.15) is 48.3 Å². The third kappa shape index (κ3) is 6.48. The van der Waals surface area contributed by atoms with Crippen LogP contribution >= 0.6 is 0 Å². The molecule has 0 aromatic carbocycles. The van der Waals surface area contributed by atoms with E-state index in [-0.39, 0.29) is 30.3 Å². The van der Waals surface area contributed by atoms with E-state index in [1.54, 1.807) is 6.92 Å². The standard InChI is InChI=1S/C41H70O15/c1-36(2)25(46)9-11-37(3)24-14-20(44)27-19(41(7)13-10-26(56-41)40(6,51)18-43)8-12-38(27,4)39(24,5)15-22(33(36)37)53-35-32(30(49)29(48)23(16-42)54-35)55-34-31(50)28(47)21(45)17-52-34/h19-35,42-51H,8-18H2,1-7H3/t19-,20-,21-,22+,23+,24-,25-,26-,27-,28+,29+,30+,31-,32+,33+,34-,35+,37+,38-,39-,40+,41+/m1/s1. The van der Waals surface area contributed by atoms with Gasteiger partial charge in [-0.1, -0.05) is 34.6 Å². The van der Waals surface area contributed by atoms with Crippen LogP contribution in [0.5, 0.6) is 0 Å². The van der Waals surface area contributed by atoms with Gasteiger partial charge in [0.2, 0.25) is 0 Å². The molecular formula is C41H70O15. The van der Waals surface area contributed by atoms with Crippen molar-refractivity contribution in [3.8, 4) is 0 Å². The monoisotopic (exact) mass is 802 g/mol. The summed E-state index contributed by atoms with van der Waals surface area (Å²) in [5.74, 6) is -0.434. The van der Waals surface area contributed by atoms with Crippen LogP contribution in [0.15, 0.2) is 0 Å². The Labute approximate surface area is 330 Å². The second-order valence-electron chi connectivity index (χ2n) is 20.6. The number of hydrogen-bond donors (Lipinski definition) is 10. The molecule has 7 fully saturated rings. The Hall–Kier alpha value is -0.600. The summed E-state index contributed by atoms with van der Waals surface area (Å²) in [5, 5.41) is 109. The van der Waals surface area contributed by atoms with Gasteiger partial charge in [-0.3, -0.25) is 0 Å².